The van der Waals surface area contributed by atoms with Crippen LogP contribution in [0.5, 0.6) is 5.75 Å². The summed E-state index contributed by atoms with van der Waals surface area (Å²) in [5, 5.41) is 18.0. The van der Waals surface area contributed by atoms with Gasteiger partial charge in [-0.1, -0.05) is 24.3 Å². The van der Waals surface area contributed by atoms with Gasteiger partial charge in [-0.3, -0.25) is 10.0 Å². The highest BCUT2D eigenvalue weighted by molar-refractivity contribution is 7.92. The number of aryl methyl sites for hydroxylation is 1. The Bertz CT molecular complexity index is 975. The van der Waals surface area contributed by atoms with E-state index < -0.39 is 33.2 Å². The molecule has 156 valence electrons. The molecular weight excluding hydrogens is 398 g/mol. The van der Waals surface area contributed by atoms with E-state index in [1.807, 2.05) is 31.2 Å². The second-order valence-corrected chi connectivity index (χ2v) is 9.06. The van der Waals surface area contributed by atoms with E-state index in [0.29, 0.717) is 12.4 Å². The summed E-state index contributed by atoms with van der Waals surface area (Å²) in [6.07, 6.45) is -0.0855. The molecule has 0 aromatic heterocycles. The van der Waals surface area contributed by atoms with Crippen molar-refractivity contribution in [3.8, 4) is 5.75 Å². The zero-order valence-electron chi connectivity index (χ0n) is 15.9. The standard InChI is InChI=1S/C20H23NO7S/c1-14-4-2-3-5-15(14)12-28-16-6-8-17(9-7-16)29(25,26)18-10-11-27-13-20(18,23)19(22)21-24/h2-9,18,23-24H,10-13H2,1H3,(H,21,22). The van der Waals surface area contributed by atoms with Gasteiger partial charge < -0.3 is 14.6 Å². The van der Waals surface area contributed by atoms with Gasteiger partial charge in [0.1, 0.15) is 17.6 Å². The summed E-state index contributed by atoms with van der Waals surface area (Å²) in [7, 11) is -4.07. The van der Waals surface area contributed by atoms with E-state index in [9.17, 15) is 18.3 Å². The number of hydroxylamine groups is 1. The van der Waals surface area contributed by atoms with E-state index >= 15 is 0 Å². The Balaban J connectivity index is 1.79. The van der Waals surface area contributed by atoms with E-state index in [-0.39, 0.29) is 17.9 Å². The molecule has 1 fully saturated rings. The molecule has 1 saturated heterocycles. The van der Waals surface area contributed by atoms with Crippen molar-refractivity contribution in [3.05, 3.63) is 59.7 Å². The number of ether oxygens (including phenoxy) is 2. The molecule has 3 rings (SSSR count). The number of rotatable bonds is 6. The molecule has 0 radical (unpaired) electrons. The molecule has 1 amide bonds. The summed E-state index contributed by atoms with van der Waals surface area (Å²) in [5.41, 5.74) is 1.05. The minimum absolute atomic E-state index is 0.0585. The third-order valence-corrected chi connectivity index (χ3v) is 7.36. The van der Waals surface area contributed by atoms with Crippen molar-refractivity contribution in [3.63, 3.8) is 0 Å². The lowest BCUT2D eigenvalue weighted by atomic mass is 9.95. The highest BCUT2D eigenvalue weighted by Gasteiger charge is 2.53. The smallest absolute Gasteiger partial charge is 0.279 e. The molecule has 8 nitrogen and oxygen atoms in total. The predicted molar refractivity (Wildman–Crippen MR) is 103 cm³/mol. The fourth-order valence-corrected chi connectivity index (χ4v) is 5.23. The normalized spacial score (nSPS) is 22.1. The summed E-state index contributed by atoms with van der Waals surface area (Å²) in [6, 6.07) is 13.6. The SMILES string of the molecule is Cc1ccccc1COc1ccc(S(=O)(=O)C2CCOCC2(O)C(=O)NO)cc1. The lowest BCUT2D eigenvalue weighted by Crippen LogP contribution is -2.62. The first-order valence-electron chi connectivity index (χ1n) is 9.05. The highest BCUT2D eigenvalue weighted by atomic mass is 32.2. The summed E-state index contributed by atoms with van der Waals surface area (Å²) in [5.74, 6) is -0.730. The van der Waals surface area contributed by atoms with Crippen molar-refractivity contribution in [2.75, 3.05) is 13.2 Å². The Kier molecular flexibility index (Phi) is 6.23. The molecule has 1 aliphatic rings. The molecule has 1 aliphatic heterocycles. The lowest BCUT2D eigenvalue weighted by Gasteiger charge is -2.36. The molecule has 0 aliphatic carbocycles. The van der Waals surface area contributed by atoms with Crippen molar-refractivity contribution in [2.45, 2.75) is 35.7 Å². The van der Waals surface area contributed by atoms with Gasteiger partial charge in [0.15, 0.2) is 15.4 Å². The largest absolute Gasteiger partial charge is 0.489 e. The average Bonchev–Trinajstić information content (AvgIpc) is 2.73. The maximum Gasteiger partial charge on any atom is 0.279 e. The summed E-state index contributed by atoms with van der Waals surface area (Å²) < 4.78 is 36.9. The zero-order valence-corrected chi connectivity index (χ0v) is 16.7. The van der Waals surface area contributed by atoms with E-state index in [1.165, 1.54) is 29.7 Å². The number of amides is 1. The predicted octanol–water partition coefficient (Wildman–Crippen LogP) is 1.37. The minimum atomic E-state index is -4.07. The van der Waals surface area contributed by atoms with Crippen molar-refractivity contribution in [1.82, 2.24) is 5.48 Å². The van der Waals surface area contributed by atoms with Crippen LogP contribution in [0.25, 0.3) is 0 Å². The summed E-state index contributed by atoms with van der Waals surface area (Å²) >= 11 is 0. The van der Waals surface area contributed by atoms with Crippen LogP contribution in [-0.4, -0.2) is 48.7 Å². The Morgan fingerprint density at radius 1 is 1.24 bits per heavy atom. The fraction of sp³-hybridized carbons (Fsp3) is 0.350. The molecule has 0 saturated carbocycles. The fourth-order valence-electron chi connectivity index (χ4n) is 3.29. The third-order valence-electron chi connectivity index (χ3n) is 5.06. The molecule has 0 bridgehead atoms. The van der Waals surface area contributed by atoms with Gasteiger partial charge in [0.25, 0.3) is 5.91 Å². The van der Waals surface area contributed by atoms with Crippen LogP contribution in [0, 0.1) is 6.92 Å². The van der Waals surface area contributed by atoms with Gasteiger partial charge in [0.05, 0.1) is 11.5 Å². The summed E-state index contributed by atoms with van der Waals surface area (Å²) in [4.78, 5) is 11.8. The lowest BCUT2D eigenvalue weighted by molar-refractivity contribution is -0.161. The average molecular weight is 421 g/mol. The molecular formula is C20H23NO7S. The molecule has 2 atom stereocenters. The topological polar surface area (TPSA) is 122 Å². The molecule has 3 N–H and O–H groups in total. The number of carbonyl (C=O) groups is 1. The zero-order chi connectivity index (χ0) is 21.1. The van der Waals surface area contributed by atoms with Crippen molar-refractivity contribution in [1.29, 1.82) is 0 Å². The molecule has 29 heavy (non-hydrogen) atoms. The monoisotopic (exact) mass is 421 g/mol. The first-order valence-corrected chi connectivity index (χ1v) is 10.6. The van der Waals surface area contributed by atoms with Gasteiger partial charge in [-0.15, -0.1) is 0 Å². The quantitative estimate of drug-likeness (QED) is 0.476. The van der Waals surface area contributed by atoms with Crippen molar-refractivity contribution < 1.29 is 33.0 Å². The van der Waals surface area contributed by atoms with Gasteiger partial charge in [0.2, 0.25) is 0 Å². The Morgan fingerprint density at radius 3 is 2.59 bits per heavy atom. The molecule has 2 aromatic rings. The second-order valence-electron chi connectivity index (χ2n) is 6.93. The van der Waals surface area contributed by atoms with Crippen LogP contribution in [0.4, 0.5) is 0 Å². The van der Waals surface area contributed by atoms with Crippen LogP contribution in [0.2, 0.25) is 0 Å². The number of aliphatic hydroxyl groups is 1. The third kappa shape index (κ3) is 4.27. The van der Waals surface area contributed by atoms with Crippen LogP contribution in [0.15, 0.2) is 53.4 Å². The number of carbonyl (C=O) groups excluding carboxylic acids is 1. The van der Waals surface area contributed by atoms with Crippen molar-refractivity contribution >= 4 is 15.7 Å². The number of benzene rings is 2. The van der Waals surface area contributed by atoms with E-state index in [0.717, 1.165) is 11.1 Å². The first-order chi connectivity index (χ1) is 13.8. The first kappa shape index (κ1) is 21.3. The number of hydrogen-bond donors (Lipinski definition) is 3. The van der Waals surface area contributed by atoms with Crippen LogP contribution < -0.4 is 10.2 Å². The van der Waals surface area contributed by atoms with Crippen LogP contribution in [0.1, 0.15) is 17.5 Å². The van der Waals surface area contributed by atoms with Gasteiger partial charge in [0, 0.05) is 6.61 Å². The molecule has 0 spiro atoms. The van der Waals surface area contributed by atoms with Crippen molar-refractivity contribution in [2.24, 2.45) is 0 Å². The minimum Gasteiger partial charge on any atom is -0.489 e. The highest BCUT2D eigenvalue weighted by Crippen LogP contribution is 2.32. The van der Waals surface area contributed by atoms with Crippen LogP contribution >= 0.6 is 0 Å². The van der Waals surface area contributed by atoms with Crippen LogP contribution in [0.3, 0.4) is 0 Å². The van der Waals surface area contributed by atoms with Gasteiger partial charge in [-0.05, 0) is 48.7 Å². The van der Waals surface area contributed by atoms with Gasteiger partial charge >= 0.3 is 0 Å². The maximum atomic E-state index is 13.0. The van der Waals surface area contributed by atoms with Gasteiger partial charge in [-0.25, -0.2) is 13.9 Å². The Morgan fingerprint density at radius 2 is 1.93 bits per heavy atom. The molecule has 9 heteroatoms. The molecule has 1 heterocycles. The number of hydrogen-bond acceptors (Lipinski definition) is 7. The summed E-state index contributed by atoms with van der Waals surface area (Å²) in [6.45, 7) is 1.87. The van der Waals surface area contributed by atoms with E-state index in [4.69, 9.17) is 14.7 Å². The number of sulfone groups is 1. The maximum absolute atomic E-state index is 13.0. The Labute approximate surface area is 169 Å². The van der Waals surface area contributed by atoms with Crippen LogP contribution in [-0.2, 0) is 26.0 Å². The molecule has 2 unspecified atom stereocenters. The molecule has 2 aromatic carbocycles. The van der Waals surface area contributed by atoms with Gasteiger partial charge in [-0.2, -0.15) is 0 Å². The second kappa shape index (κ2) is 8.50. The Hall–Kier alpha value is -2.46. The van der Waals surface area contributed by atoms with E-state index in [2.05, 4.69) is 0 Å². The van der Waals surface area contributed by atoms with E-state index in [1.54, 1.807) is 0 Å². The number of nitrogens with one attached hydrogen (secondary N) is 1.